The SMILES string of the molecule is CC(=O)O.O=C(OCC1c2ccccc2-c2ccccc21)c1cccc2cnccc12. The Balaban J connectivity index is 0.000000535. The molecule has 5 rings (SSSR count). The monoisotopic (exact) mass is 411 g/mol. The van der Waals surface area contributed by atoms with Crippen LogP contribution in [0.4, 0.5) is 0 Å². The van der Waals surface area contributed by atoms with E-state index < -0.39 is 5.97 Å². The summed E-state index contributed by atoms with van der Waals surface area (Å²) in [4.78, 5) is 25.9. The number of nitrogens with zero attached hydrogens (tertiary/aromatic N) is 1. The van der Waals surface area contributed by atoms with E-state index in [1.165, 1.54) is 22.3 Å². The van der Waals surface area contributed by atoms with Crippen LogP contribution in [0.25, 0.3) is 21.9 Å². The number of ether oxygens (including phenoxy) is 1. The van der Waals surface area contributed by atoms with Gasteiger partial charge in [0.1, 0.15) is 6.61 Å². The topological polar surface area (TPSA) is 76.5 Å². The van der Waals surface area contributed by atoms with Crippen LogP contribution in [-0.4, -0.2) is 28.6 Å². The van der Waals surface area contributed by atoms with Crippen molar-refractivity contribution in [1.29, 1.82) is 0 Å². The molecule has 5 heteroatoms. The smallest absolute Gasteiger partial charge is 0.338 e. The van der Waals surface area contributed by atoms with Gasteiger partial charge in [0.15, 0.2) is 0 Å². The number of aliphatic carboxylic acids is 1. The lowest BCUT2D eigenvalue weighted by Crippen LogP contribution is -2.13. The van der Waals surface area contributed by atoms with E-state index >= 15 is 0 Å². The number of carboxylic acids is 1. The average Bonchev–Trinajstić information content (AvgIpc) is 3.10. The summed E-state index contributed by atoms with van der Waals surface area (Å²) in [6.07, 6.45) is 3.46. The third kappa shape index (κ3) is 4.16. The van der Waals surface area contributed by atoms with Gasteiger partial charge in [-0.2, -0.15) is 0 Å². The summed E-state index contributed by atoms with van der Waals surface area (Å²) >= 11 is 0. The minimum absolute atomic E-state index is 0.0676. The summed E-state index contributed by atoms with van der Waals surface area (Å²) in [6, 6.07) is 24.2. The number of carboxylic acid groups (broad SMARTS) is 1. The van der Waals surface area contributed by atoms with Gasteiger partial charge in [0.25, 0.3) is 5.97 Å². The summed E-state index contributed by atoms with van der Waals surface area (Å²) in [6.45, 7) is 1.41. The van der Waals surface area contributed by atoms with Gasteiger partial charge >= 0.3 is 5.97 Å². The first-order valence-corrected chi connectivity index (χ1v) is 9.94. The molecular formula is C26H21NO4. The van der Waals surface area contributed by atoms with E-state index in [1.807, 2.05) is 42.5 Å². The summed E-state index contributed by atoms with van der Waals surface area (Å²) in [5.41, 5.74) is 5.47. The number of esters is 1. The number of aromatic nitrogens is 1. The van der Waals surface area contributed by atoms with Crippen molar-refractivity contribution in [3.05, 3.63) is 102 Å². The van der Waals surface area contributed by atoms with Crippen LogP contribution in [0, 0.1) is 0 Å². The maximum atomic E-state index is 12.8. The maximum absolute atomic E-state index is 12.8. The normalized spacial score (nSPS) is 11.8. The zero-order chi connectivity index (χ0) is 21.8. The second-order valence-electron chi connectivity index (χ2n) is 7.25. The average molecular weight is 411 g/mol. The van der Waals surface area contributed by atoms with E-state index in [2.05, 4.69) is 29.2 Å². The fourth-order valence-corrected chi connectivity index (χ4v) is 3.98. The molecular weight excluding hydrogens is 390 g/mol. The van der Waals surface area contributed by atoms with Gasteiger partial charge in [-0.3, -0.25) is 9.78 Å². The lowest BCUT2D eigenvalue weighted by atomic mass is 9.98. The molecule has 0 spiro atoms. The zero-order valence-electron chi connectivity index (χ0n) is 17.0. The molecule has 0 radical (unpaired) electrons. The van der Waals surface area contributed by atoms with Gasteiger partial charge in [0, 0.05) is 30.6 Å². The molecule has 154 valence electrons. The molecule has 0 unspecified atom stereocenters. The number of fused-ring (bicyclic) bond motifs is 4. The van der Waals surface area contributed by atoms with Crippen LogP contribution in [-0.2, 0) is 9.53 Å². The van der Waals surface area contributed by atoms with Crippen LogP contribution in [0.1, 0.15) is 34.3 Å². The third-order valence-corrected chi connectivity index (χ3v) is 5.24. The third-order valence-electron chi connectivity index (χ3n) is 5.24. The number of benzene rings is 3. The van der Waals surface area contributed by atoms with Crippen molar-refractivity contribution >= 4 is 22.7 Å². The molecule has 0 bridgehead atoms. The van der Waals surface area contributed by atoms with Crippen molar-refractivity contribution in [2.24, 2.45) is 0 Å². The highest BCUT2D eigenvalue weighted by atomic mass is 16.5. The van der Waals surface area contributed by atoms with Gasteiger partial charge in [-0.05, 0) is 39.8 Å². The molecule has 1 N–H and O–H groups in total. The number of pyridine rings is 1. The van der Waals surface area contributed by atoms with Gasteiger partial charge in [-0.1, -0.05) is 60.7 Å². The minimum atomic E-state index is -0.833. The van der Waals surface area contributed by atoms with Gasteiger partial charge in [0.05, 0.1) is 5.56 Å². The molecule has 0 saturated heterocycles. The van der Waals surface area contributed by atoms with Crippen LogP contribution >= 0.6 is 0 Å². The van der Waals surface area contributed by atoms with Crippen molar-refractivity contribution in [2.45, 2.75) is 12.8 Å². The molecule has 1 heterocycles. The van der Waals surface area contributed by atoms with E-state index in [0.717, 1.165) is 17.7 Å². The first-order valence-electron chi connectivity index (χ1n) is 9.94. The number of rotatable bonds is 3. The highest BCUT2D eigenvalue weighted by molar-refractivity contribution is 6.04. The quantitative estimate of drug-likeness (QED) is 0.463. The van der Waals surface area contributed by atoms with Gasteiger partial charge in [-0.25, -0.2) is 4.79 Å². The lowest BCUT2D eigenvalue weighted by Gasteiger charge is -2.14. The fraction of sp³-hybridized carbons (Fsp3) is 0.115. The van der Waals surface area contributed by atoms with Crippen molar-refractivity contribution in [3.8, 4) is 11.1 Å². The van der Waals surface area contributed by atoms with Crippen LogP contribution in [0.5, 0.6) is 0 Å². The van der Waals surface area contributed by atoms with Crippen LogP contribution in [0.2, 0.25) is 0 Å². The molecule has 0 aliphatic heterocycles. The minimum Gasteiger partial charge on any atom is -0.481 e. The second kappa shape index (κ2) is 8.79. The Bertz CT molecular complexity index is 1210. The molecule has 0 fully saturated rings. The van der Waals surface area contributed by atoms with E-state index in [9.17, 15) is 4.79 Å². The molecule has 1 aliphatic carbocycles. The van der Waals surface area contributed by atoms with E-state index in [1.54, 1.807) is 18.5 Å². The summed E-state index contributed by atoms with van der Waals surface area (Å²) in [5, 5.41) is 9.22. The maximum Gasteiger partial charge on any atom is 0.338 e. The van der Waals surface area contributed by atoms with Gasteiger partial charge in [-0.15, -0.1) is 0 Å². The highest BCUT2D eigenvalue weighted by Gasteiger charge is 2.29. The number of hydrogen-bond acceptors (Lipinski definition) is 4. The molecule has 31 heavy (non-hydrogen) atoms. The summed E-state index contributed by atoms with van der Waals surface area (Å²) < 4.78 is 5.77. The van der Waals surface area contributed by atoms with Crippen LogP contribution in [0.3, 0.4) is 0 Å². The Morgan fingerprint density at radius 3 is 2.16 bits per heavy atom. The molecule has 5 nitrogen and oxygen atoms in total. The fourth-order valence-electron chi connectivity index (χ4n) is 3.98. The van der Waals surface area contributed by atoms with Crippen LogP contribution < -0.4 is 0 Å². The number of hydrogen-bond donors (Lipinski definition) is 1. The first kappa shape index (κ1) is 20.3. The molecule has 1 aliphatic rings. The predicted molar refractivity (Wildman–Crippen MR) is 119 cm³/mol. The molecule has 0 saturated carbocycles. The summed E-state index contributed by atoms with van der Waals surface area (Å²) in [7, 11) is 0. The highest BCUT2D eigenvalue weighted by Crippen LogP contribution is 2.44. The van der Waals surface area contributed by atoms with E-state index in [-0.39, 0.29) is 11.9 Å². The number of carbonyl (C=O) groups excluding carboxylic acids is 1. The molecule has 0 atom stereocenters. The van der Waals surface area contributed by atoms with Gasteiger partial charge in [0.2, 0.25) is 0 Å². The molecule has 4 aromatic rings. The standard InChI is InChI=1S/C24H17NO2.C2H4O2/c26-24(22-11-5-6-16-14-25-13-12-17(16)22)27-15-23-20-9-3-1-7-18(20)19-8-2-4-10-21(19)23;1-2(3)4/h1-14,23H,15H2;1H3,(H,3,4). The summed E-state index contributed by atoms with van der Waals surface area (Å²) in [5.74, 6) is -1.06. The number of carbonyl (C=O) groups is 2. The Hall–Kier alpha value is -3.99. The Morgan fingerprint density at radius 2 is 1.52 bits per heavy atom. The van der Waals surface area contributed by atoms with Gasteiger partial charge < -0.3 is 9.84 Å². The van der Waals surface area contributed by atoms with E-state index in [4.69, 9.17) is 14.6 Å². The predicted octanol–water partition coefficient (Wildman–Crippen LogP) is 5.30. The van der Waals surface area contributed by atoms with Crippen molar-refractivity contribution in [1.82, 2.24) is 4.98 Å². The second-order valence-corrected chi connectivity index (χ2v) is 7.25. The largest absolute Gasteiger partial charge is 0.481 e. The molecule has 1 aromatic heterocycles. The van der Waals surface area contributed by atoms with Crippen molar-refractivity contribution in [3.63, 3.8) is 0 Å². The molecule has 0 amide bonds. The van der Waals surface area contributed by atoms with Crippen molar-refractivity contribution < 1.29 is 19.4 Å². The Kier molecular flexibility index (Phi) is 5.76. The van der Waals surface area contributed by atoms with E-state index in [0.29, 0.717) is 12.2 Å². The zero-order valence-corrected chi connectivity index (χ0v) is 17.0. The Labute approximate surface area is 180 Å². The first-order chi connectivity index (χ1) is 15.1. The lowest BCUT2D eigenvalue weighted by molar-refractivity contribution is -0.134. The van der Waals surface area contributed by atoms with Crippen LogP contribution in [0.15, 0.2) is 85.2 Å². The van der Waals surface area contributed by atoms with Crippen molar-refractivity contribution in [2.75, 3.05) is 6.61 Å². The Morgan fingerprint density at radius 1 is 0.903 bits per heavy atom. The molecule has 3 aromatic carbocycles.